The summed E-state index contributed by atoms with van der Waals surface area (Å²) in [5.74, 6) is 6.72. The minimum absolute atomic E-state index is 0. The molecule has 0 N–H and O–H groups in total. The summed E-state index contributed by atoms with van der Waals surface area (Å²) in [6.45, 7) is 15.9. The Kier molecular flexibility index (Phi) is 10.7. The van der Waals surface area contributed by atoms with Crippen LogP contribution in [0.1, 0.15) is 159 Å². The molecular formula is C43H66O3U. The SMILES string of the molecule is C.CC(=O)C1CC[C@@H]2[C@H]3CCC4=CC(=O)CC[C@@]4(C)[C@@H]3CC[C@@]12C.CC(=O)[C@@H]1CC[C@@H]2[C@H]3CCC4=C(C)CC[C@@]4(C)[C@@H]3CC[C@]21C.[U]. The van der Waals surface area contributed by atoms with Gasteiger partial charge < -0.3 is 0 Å². The maximum atomic E-state index is 12.1. The third-order valence-corrected chi connectivity index (χ3v) is 17.2. The molecule has 0 aliphatic heterocycles. The van der Waals surface area contributed by atoms with Gasteiger partial charge in [0.1, 0.15) is 11.6 Å². The van der Waals surface area contributed by atoms with Crippen LogP contribution < -0.4 is 0 Å². The molecule has 8 rings (SSSR count). The molecular weight excluding hydrogens is 802 g/mol. The summed E-state index contributed by atoms with van der Waals surface area (Å²) in [6, 6.07) is 0. The zero-order valence-corrected chi connectivity index (χ0v) is 34.4. The van der Waals surface area contributed by atoms with Gasteiger partial charge in [-0.1, -0.05) is 51.8 Å². The van der Waals surface area contributed by atoms with Crippen LogP contribution in [0.15, 0.2) is 22.8 Å². The molecule has 0 amide bonds. The predicted molar refractivity (Wildman–Crippen MR) is 188 cm³/mol. The standard InChI is InChI=1S/C21H30O2.C21H32O.CH4.U/c1-13(22)17-6-7-18-16-5-4-14-12-15(23)8-10-20(14,2)19(16)9-11-21(17,18)3;1-13-9-11-20(3)16(13)6-5-15-18-8-7-17(14(2)22)21(18,4)12-10-19(15)20;;/h12,16-19H,4-11H2,1-3H3;15,17-19H,5-12H2,1-4H3;1H4;/t16-,17?,18-,19-,20-,21+;15-,17+,18-,19-,20-,21+;;/m11../s1. The fourth-order valence-corrected chi connectivity index (χ4v) is 14.8. The van der Waals surface area contributed by atoms with Crippen molar-refractivity contribution in [2.24, 2.45) is 69.0 Å². The van der Waals surface area contributed by atoms with Gasteiger partial charge in [-0.3, -0.25) is 14.4 Å². The van der Waals surface area contributed by atoms with Crippen LogP contribution in [0, 0.1) is 100 Å². The van der Waals surface area contributed by atoms with Gasteiger partial charge in [0.15, 0.2) is 5.78 Å². The van der Waals surface area contributed by atoms with E-state index in [2.05, 4.69) is 34.6 Å². The van der Waals surface area contributed by atoms with Crippen molar-refractivity contribution in [2.45, 2.75) is 159 Å². The van der Waals surface area contributed by atoms with E-state index >= 15 is 0 Å². The first kappa shape index (κ1) is 37.8. The summed E-state index contributed by atoms with van der Waals surface area (Å²) >= 11 is 0. The van der Waals surface area contributed by atoms with Crippen molar-refractivity contribution >= 4 is 17.3 Å². The molecule has 0 aromatic rings. The fraction of sp³-hybridized carbons (Fsp3) is 0.837. The quantitative estimate of drug-likeness (QED) is 0.260. The summed E-state index contributed by atoms with van der Waals surface area (Å²) in [5.41, 5.74) is 6.31. The van der Waals surface area contributed by atoms with E-state index in [0.29, 0.717) is 40.0 Å². The Morgan fingerprint density at radius 1 is 0.617 bits per heavy atom. The zero-order chi connectivity index (χ0) is 32.1. The van der Waals surface area contributed by atoms with E-state index in [1.165, 1.54) is 76.2 Å². The molecule has 260 valence electrons. The monoisotopic (exact) mass is 869 g/mol. The Labute approximate surface area is 311 Å². The van der Waals surface area contributed by atoms with E-state index < -0.39 is 0 Å². The van der Waals surface area contributed by atoms with Gasteiger partial charge in [0.05, 0.1) is 0 Å². The smallest absolute Gasteiger partial charge is 0.155 e. The third-order valence-electron chi connectivity index (χ3n) is 17.2. The largest absolute Gasteiger partial charge is 0.300 e. The Morgan fingerprint density at radius 2 is 1.11 bits per heavy atom. The van der Waals surface area contributed by atoms with Crippen molar-refractivity contribution in [3.63, 3.8) is 0 Å². The molecule has 12 atom stereocenters. The van der Waals surface area contributed by atoms with Crippen LogP contribution in [0.5, 0.6) is 0 Å². The topological polar surface area (TPSA) is 51.2 Å². The molecule has 6 saturated carbocycles. The molecule has 0 heterocycles. The van der Waals surface area contributed by atoms with Gasteiger partial charge >= 0.3 is 0 Å². The van der Waals surface area contributed by atoms with Crippen LogP contribution in [0.3, 0.4) is 0 Å². The summed E-state index contributed by atoms with van der Waals surface area (Å²) in [7, 11) is 0. The number of hydrogen-bond acceptors (Lipinski definition) is 3. The summed E-state index contributed by atoms with van der Waals surface area (Å²) in [5, 5.41) is 0. The number of allylic oxidation sites excluding steroid dienone is 3. The second kappa shape index (κ2) is 13.3. The molecule has 3 nitrogen and oxygen atoms in total. The van der Waals surface area contributed by atoms with Gasteiger partial charge in [-0.2, -0.15) is 0 Å². The van der Waals surface area contributed by atoms with Gasteiger partial charge in [0.25, 0.3) is 0 Å². The van der Waals surface area contributed by atoms with E-state index in [-0.39, 0.29) is 49.4 Å². The van der Waals surface area contributed by atoms with Crippen molar-refractivity contribution in [1.82, 2.24) is 0 Å². The van der Waals surface area contributed by atoms with Gasteiger partial charge in [0.2, 0.25) is 0 Å². The van der Waals surface area contributed by atoms with Crippen LogP contribution >= 0.6 is 0 Å². The summed E-state index contributed by atoms with van der Waals surface area (Å²) < 4.78 is 0. The van der Waals surface area contributed by atoms with E-state index in [9.17, 15) is 14.4 Å². The van der Waals surface area contributed by atoms with E-state index in [4.69, 9.17) is 0 Å². The second-order valence-electron chi connectivity index (χ2n) is 18.6. The third kappa shape index (κ3) is 5.66. The number of carbonyl (C=O) groups excluding carboxylic acids is 3. The number of hydrogen-bond donors (Lipinski definition) is 0. The fourth-order valence-electron chi connectivity index (χ4n) is 14.8. The Hall–Kier alpha value is -0.458. The summed E-state index contributed by atoms with van der Waals surface area (Å²) in [6.07, 6.45) is 21.6. The molecule has 47 heavy (non-hydrogen) atoms. The van der Waals surface area contributed by atoms with Crippen LogP contribution in [0.4, 0.5) is 0 Å². The van der Waals surface area contributed by atoms with Crippen molar-refractivity contribution in [2.75, 3.05) is 0 Å². The van der Waals surface area contributed by atoms with Crippen LogP contribution in [0.2, 0.25) is 0 Å². The molecule has 0 aromatic carbocycles. The van der Waals surface area contributed by atoms with E-state index in [0.717, 1.165) is 67.6 Å². The first-order chi connectivity index (χ1) is 21.2. The number of carbonyl (C=O) groups is 3. The zero-order valence-electron chi connectivity index (χ0n) is 30.2. The molecule has 0 spiro atoms. The molecule has 0 radical (unpaired) electrons. The van der Waals surface area contributed by atoms with Gasteiger partial charge in [-0.15, -0.1) is 0 Å². The first-order valence-electron chi connectivity index (χ1n) is 19.2. The average Bonchev–Trinajstić information content (AvgIpc) is 3.63. The molecule has 0 aromatic heterocycles. The van der Waals surface area contributed by atoms with Crippen LogP contribution in [0.25, 0.3) is 0 Å². The minimum Gasteiger partial charge on any atom is -0.300 e. The molecule has 8 aliphatic rings. The van der Waals surface area contributed by atoms with Crippen molar-refractivity contribution in [3.8, 4) is 0 Å². The van der Waals surface area contributed by atoms with Gasteiger partial charge in [-0.25, -0.2) is 0 Å². The van der Waals surface area contributed by atoms with Crippen molar-refractivity contribution in [3.05, 3.63) is 22.8 Å². The van der Waals surface area contributed by atoms with Gasteiger partial charge in [-0.05, 0) is 180 Å². The number of fused-ring (bicyclic) bond motifs is 10. The number of Topliss-reactive ketones (excluding diaryl/α,β-unsaturated/α-hetero) is 2. The Balaban J connectivity index is 0.000000177. The normalized spacial score (nSPS) is 47.6. The Morgan fingerprint density at radius 3 is 1.64 bits per heavy atom. The minimum atomic E-state index is 0. The Bertz CT molecular complexity index is 1340. The van der Waals surface area contributed by atoms with Crippen molar-refractivity contribution < 1.29 is 45.5 Å². The van der Waals surface area contributed by atoms with E-state index in [1.54, 1.807) is 12.5 Å². The molecule has 1 unspecified atom stereocenters. The van der Waals surface area contributed by atoms with E-state index in [1.807, 2.05) is 18.6 Å². The van der Waals surface area contributed by atoms with Crippen molar-refractivity contribution in [1.29, 1.82) is 0 Å². The second-order valence-corrected chi connectivity index (χ2v) is 18.6. The average molecular weight is 869 g/mol. The first-order valence-corrected chi connectivity index (χ1v) is 19.2. The summed E-state index contributed by atoms with van der Waals surface area (Å²) in [4.78, 5) is 36.2. The maximum absolute atomic E-state index is 12.1. The number of ketones is 3. The molecule has 6 fully saturated rings. The molecule has 0 bridgehead atoms. The molecule has 8 aliphatic carbocycles. The molecule has 4 heteroatoms. The van der Waals surface area contributed by atoms with Crippen LogP contribution in [-0.4, -0.2) is 17.3 Å². The number of rotatable bonds is 2. The maximum Gasteiger partial charge on any atom is 0.155 e. The predicted octanol–water partition coefficient (Wildman–Crippen LogP) is 10.9. The van der Waals surface area contributed by atoms with Crippen LogP contribution in [-0.2, 0) is 14.4 Å². The molecule has 0 saturated heterocycles. The van der Waals surface area contributed by atoms with Gasteiger partial charge in [0, 0.05) is 49.4 Å².